The average Bonchev–Trinajstić information content (AvgIpc) is 3.32. The first-order chi connectivity index (χ1) is 12.9. The molecule has 9 heteroatoms. The number of benzene rings is 1. The minimum Gasteiger partial charge on any atom is -0.352 e. The van der Waals surface area contributed by atoms with Crippen molar-refractivity contribution in [1.29, 1.82) is 0 Å². The summed E-state index contributed by atoms with van der Waals surface area (Å²) in [5.41, 5.74) is 0.109. The molecule has 0 radical (unpaired) electrons. The van der Waals surface area contributed by atoms with Crippen LogP contribution in [0.4, 0.5) is 10.1 Å². The summed E-state index contributed by atoms with van der Waals surface area (Å²) in [7, 11) is -3.43. The standard InChI is InChI=1S/C18H21FN4O3S/c1-2-3-8-18(21-22-18)9-7-17(24)20-13-14-5-6-16(15(19)12-14)23-10-4-11-27(23,25)26/h1,5-6,12H,3-4,7-11,13H2,(H,20,24). The first kappa shape index (κ1) is 19.3. The van der Waals surface area contributed by atoms with Crippen LogP contribution in [0.25, 0.3) is 0 Å². The second kappa shape index (κ2) is 7.64. The summed E-state index contributed by atoms with van der Waals surface area (Å²) < 4.78 is 39.3. The van der Waals surface area contributed by atoms with E-state index in [2.05, 4.69) is 21.5 Å². The van der Waals surface area contributed by atoms with Gasteiger partial charge in [0.15, 0.2) is 5.66 Å². The molecule has 0 aliphatic carbocycles. The first-order valence-electron chi connectivity index (χ1n) is 8.78. The first-order valence-corrected chi connectivity index (χ1v) is 10.4. The van der Waals surface area contributed by atoms with Crippen LogP contribution >= 0.6 is 0 Å². The maximum absolute atomic E-state index is 14.3. The third-order valence-electron chi connectivity index (χ3n) is 4.67. The molecule has 1 N–H and O–H groups in total. The molecule has 0 aromatic heterocycles. The lowest BCUT2D eigenvalue weighted by atomic mass is 10.0. The van der Waals surface area contributed by atoms with Gasteiger partial charge in [-0.25, -0.2) is 12.8 Å². The zero-order chi connectivity index (χ0) is 19.5. The van der Waals surface area contributed by atoms with Gasteiger partial charge in [-0.05, 0) is 24.1 Å². The van der Waals surface area contributed by atoms with Gasteiger partial charge >= 0.3 is 0 Å². The third kappa shape index (κ3) is 4.63. The van der Waals surface area contributed by atoms with Crippen molar-refractivity contribution >= 4 is 21.6 Å². The monoisotopic (exact) mass is 392 g/mol. The highest BCUT2D eigenvalue weighted by molar-refractivity contribution is 7.93. The zero-order valence-electron chi connectivity index (χ0n) is 14.8. The minimum atomic E-state index is -3.43. The highest BCUT2D eigenvalue weighted by Crippen LogP contribution is 2.37. The maximum atomic E-state index is 14.3. The van der Waals surface area contributed by atoms with Crippen molar-refractivity contribution in [3.63, 3.8) is 0 Å². The maximum Gasteiger partial charge on any atom is 0.235 e. The van der Waals surface area contributed by atoms with E-state index in [1.807, 2.05) is 0 Å². The Morgan fingerprint density at radius 2 is 2.15 bits per heavy atom. The number of hydrogen-bond donors (Lipinski definition) is 1. The topological polar surface area (TPSA) is 91.2 Å². The fourth-order valence-corrected chi connectivity index (χ4v) is 4.61. The van der Waals surface area contributed by atoms with Gasteiger partial charge in [0.1, 0.15) is 5.82 Å². The van der Waals surface area contributed by atoms with Crippen LogP contribution < -0.4 is 9.62 Å². The van der Waals surface area contributed by atoms with Gasteiger partial charge in [0.05, 0.1) is 11.4 Å². The summed E-state index contributed by atoms with van der Waals surface area (Å²) in [5.74, 6) is 1.77. The molecular formula is C18H21FN4O3S. The Labute approximate surface area is 158 Å². The summed E-state index contributed by atoms with van der Waals surface area (Å²) in [6.45, 7) is 0.446. The van der Waals surface area contributed by atoms with Crippen LogP contribution in [0.15, 0.2) is 28.4 Å². The lowest BCUT2D eigenvalue weighted by Gasteiger charge is -2.18. The van der Waals surface area contributed by atoms with Gasteiger partial charge in [0, 0.05) is 38.8 Å². The molecule has 144 valence electrons. The van der Waals surface area contributed by atoms with Crippen molar-refractivity contribution in [3.05, 3.63) is 29.6 Å². The SMILES string of the molecule is C#CCCC1(CCC(=O)NCc2ccc(N3CCCS3(=O)=O)c(F)c2)N=N1. The lowest BCUT2D eigenvalue weighted by molar-refractivity contribution is -0.121. The number of hydrogen-bond acceptors (Lipinski definition) is 5. The molecule has 0 atom stereocenters. The van der Waals surface area contributed by atoms with Crippen molar-refractivity contribution in [2.45, 2.75) is 44.3 Å². The van der Waals surface area contributed by atoms with Crippen LogP contribution in [-0.4, -0.2) is 32.3 Å². The molecule has 3 rings (SSSR count). The molecule has 0 bridgehead atoms. The van der Waals surface area contributed by atoms with Crippen molar-refractivity contribution in [2.24, 2.45) is 10.2 Å². The third-order valence-corrected chi connectivity index (χ3v) is 6.53. The molecule has 0 spiro atoms. The molecule has 0 saturated carbocycles. The van der Waals surface area contributed by atoms with Crippen LogP contribution in [0.2, 0.25) is 0 Å². The van der Waals surface area contributed by atoms with E-state index < -0.39 is 21.5 Å². The van der Waals surface area contributed by atoms with E-state index in [-0.39, 0.29) is 36.9 Å². The normalized spacial score (nSPS) is 18.9. The average molecular weight is 392 g/mol. The Balaban J connectivity index is 1.51. The van der Waals surface area contributed by atoms with E-state index in [0.29, 0.717) is 31.2 Å². The Hall–Kier alpha value is -2.47. The van der Waals surface area contributed by atoms with Gasteiger partial charge in [-0.15, -0.1) is 12.3 Å². The van der Waals surface area contributed by atoms with Crippen LogP contribution in [0.3, 0.4) is 0 Å². The molecule has 1 saturated heterocycles. The number of nitrogens with zero attached hydrogens (tertiary/aromatic N) is 3. The highest BCUT2D eigenvalue weighted by atomic mass is 32.2. The predicted octanol–water partition coefficient (Wildman–Crippen LogP) is 2.34. The van der Waals surface area contributed by atoms with Gasteiger partial charge in [0.25, 0.3) is 0 Å². The van der Waals surface area contributed by atoms with E-state index in [0.717, 1.165) is 4.31 Å². The fourth-order valence-electron chi connectivity index (χ4n) is 3.04. The molecule has 27 heavy (non-hydrogen) atoms. The number of nitrogens with one attached hydrogen (secondary N) is 1. The van der Waals surface area contributed by atoms with Crippen LogP contribution in [0.1, 0.15) is 37.7 Å². The highest BCUT2D eigenvalue weighted by Gasteiger charge is 2.39. The van der Waals surface area contributed by atoms with Crippen LogP contribution in [0, 0.1) is 18.2 Å². The van der Waals surface area contributed by atoms with E-state index in [4.69, 9.17) is 6.42 Å². The number of sulfonamides is 1. The second-order valence-corrected chi connectivity index (χ2v) is 8.70. The molecular weight excluding hydrogens is 371 g/mol. The Morgan fingerprint density at radius 1 is 1.37 bits per heavy atom. The number of rotatable bonds is 8. The van der Waals surface area contributed by atoms with Crippen LogP contribution in [-0.2, 0) is 21.4 Å². The largest absolute Gasteiger partial charge is 0.352 e. The number of anilines is 1. The Kier molecular flexibility index (Phi) is 5.46. The second-order valence-electron chi connectivity index (χ2n) is 6.69. The van der Waals surface area contributed by atoms with Gasteiger partial charge < -0.3 is 5.32 Å². The number of carbonyl (C=O) groups excluding carboxylic acids is 1. The molecule has 2 aliphatic rings. The van der Waals surface area contributed by atoms with E-state index >= 15 is 0 Å². The zero-order valence-corrected chi connectivity index (χ0v) is 15.6. The summed E-state index contributed by atoms with van der Waals surface area (Å²) in [6, 6.07) is 4.31. The fraction of sp³-hybridized carbons (Fsp3) is 0.500. The predicted molar refractivity (Wildman–Crippen MR) is 98.9 cm³/mol. The van der Waals surface area contributed by atoms with E-state index in [9.17, 15) is 17.6 Å². The summed E-state index contributed by atoms with van der Waals surface area (Å²) >= 11 is 0. The van der Waals surface area contributed by atoms with Crippen molar-refractivity contribution in [1.82, 2.24) is 5.32 Å². The van der Waals surface area contributed by atoms with E-state index in [1.54, 1.807) is 6.07 Å². The number of terminal acetylenes is 1. The molecule has 2 heterocycles. The summed E-state index contributed by atoms with van der Waals surface area (Å²) in [4.78, 5) is 12.0. The molecule has 1 aromatic carbocycles. The Bertz CT molecular complexity index is 902. The van der Waals surface area contributed by atoms with Gasteiger partial charge in [-0.1, -0.05) is 6.07 Å². The Morgan fingerprint density at radius 3 is 2.74 bits per heavy atom. The molecule has 0 unspecified atom stereocenters. The van der Waals surface area contributed by atoms with Crippen LogP contribution in [0.5, 0.6) is 0 Å². The lowest BCUT2D eigenvalue weighted by Crippen LogP contribution is -2.27. The minimum absolute atomic E-state index is 0.0334. The number of amides is 1. The van der Waals surface area contributed by atoms with Gasteiger partial charge in [-0.3, -0.25) is 9.10 Å². The smallest absolute Gasteiger partial charge is 0.235 e. The van der Waals surface area contributed by atoms with E-state index in [1.165, 1.54) is 12.1 Å². The summed E-state index contributed by atoms with van der Waals surface area (Å²) in [5, 5.41) is 10.7. The van der Waals surface area contributed by atoms with Crippen molar-refractivity contribution in [3.8, 4) is 12.3 Å². The molecule has 1 amide bonds. The number of carbonyl (C=O) groups is 1. The van der Waals surface area contributed by atoms with Gasteiger partial charge in [-0.2, -0.15) is 10.2 Å². The molecule has 7 nitrogen and oxygen atoms in total. The quantitative estimate of drug-likeness (QED) is 0.689. The van der Waals surface area contributed by atoms with Crippen molar-refractivity contribution < 1.29 is 17.6 Å². The number of halogens is 1. The summed E-state index contributed by atoms with van der Waals surface area (Å²) in [6.07, 6.45) is 7.68. The van der Waals surface area contributed by atoms with Gasteiger partial charge in [0.2, 0.25) is 15.9 Å². The van der Waals surface area contributed by atoms with Crippen molar-refractivity contribution in [2.75, 3.05) is 16.6 Å². The molecule has 2 aliphatic heterocycles. The molecule has 1 fully saturated rings. The molecule has 1 aromatic rings.